The summed E-state index contributed by atoms with van der Waals surface area (Å²) < 4.78 is 2.44. The minimum Gasteiger partial charge on any atom is -0.310 e. The predicted molar refractivity (Wildman–Crippen MR) is 264 cm³/mol. The number of hydrogen-bond donors (Lipinski definition) is 0. The molecule has 11 aromatic rings. The van der Waals surface area contributed by atoms with Gasteiger partial charge in [0, 0.05) is 33.5 Å². The van der Waals surface area contributed by atoms with Crippen LogP contribution in [0.5, 0.6) is 0 Å². The Bertz CT molecular complexity index is 3470. The van der Waals surface area contributed by atoms with Crippen molar-refractivity contribution in [1.82, 2.24) is 4.57 Å². The first-order valence-electron chi connectivity index (χ1n) is 21.3. The first-order chi connectivity index (χ1) is 30.0. The zero-order valence-electron chi connectivity index (χ0n) is 34.2. The fraction of sp³-hybridized carbons (Fsp3) is 0.0345. The fourth-order valence-corrected chi connectivity index (χ4v) is 13.2. The van der Waals surface area contributed by atoms with Crippen LogP contribution in [0.25, 0.3) is 82.4 Å². The van der Waals surface area contributed by atoms with E-state index in [2.05, 4.69) is 241 Å². The van der Waals surface area contributed by atoms with E-state index in [4.69, 9.17) is 0 Å². The fourth-order valence-electron chi connectivity index (χ4n) is 10.1. The Balaban J connectivity index is 0.933. The van der Waals surface area contributed by atoms with Crippen LogP contribution >= 0.6 is 0 Å². The topological polar surface area (TPSA) is 8.17 Å². The molecule has 0 N–H and O–H groups in total. The SMILES string of the molecule is C[Si]1(C)c2ccccc2-c2c1ccc1cc3c(cc21)c1cc(-c2ccc(-c4ccc(N(c5ccccc5)c5ccc6ccccc6c5)cc4)cc2)ccc1n3-c1ccccc1. The van der Waals surface area contributed by atoms with Gasteiger partial charge in [0.05, 0.1) is 11.0 Å². The number of hydrogen-bond acceptors (Lipinski definition) is 1. The Morgan fingerprint density at radius 2 is 0.934 bits per heavy atom. The van der Waals surface area contributed by atoms with Gasteiger partial charge < -0.3 is 9.47 Å². The van der Waals surface area contributed by atoms with Crippen LogP contribution in [0.3, 0.4) is 0 Å². The monoisotopic (exact) mass is 794 g/mol. The first kappa shape index (κ1) is 35.5. The highest BCUT2D eigenvalue weighted by Gasteiger charge is 2.38. The molecule has 0 spiro atoms. The van der Waals surface area contributed by atoms with E-state index in [0.717, 1.165) is 17.1 Å². The van der Waals surface area contributed by atoms with Crippen LogP contribution in [-0.2, 0) is 0 Å². The number of anilines is 3. The highest BCUT2D eigenvalue weighted by molar-refractivity contribution is 7.04. The molecule has 0 atom stereocenters. The Morgan fingerprint density at radius 3 is 1.70 bits per heavy atom. The second-order valence-electron chi connectivity index (χ2n) is 17.0. The summed E-state index contributed by atoms with van der Waals surface area (Å²) in [5.74, 6) is 0. The van der Waals surface area contributed by atoms with Crippen LogP contribution in [-0.4, -0.2) is 12.6 Å². The second-order valence-corrected chi connectivity index (χ2v) is 21.3. The molecular formula is C58H42N2Si. The van der Waals surface area contributed by atoms with E-state index >= 15 is 0 Å². The van der Waals surface area contributed by atoms with Crippen molar-refractivity contribution < 1.29 is 0 Å². The van der Waals surface area contributed by atoms with Gasteiger partial charge in [0.2, 0.25) is 0 Å². The molecule has 2 nitrogen and oxygen atoms in total. The second kappa shape index (κ2) is 13.8. The third kappa shape index (κ3) is 5.69. The average Bonchev–Trinajstić information content (AvgIpc) is 3.76. The zero-order chi connectivity index (χ0) is 40.7. The highest BCUT2D eigenvalue weighted by Crippen LogP contribution is 2.42. The van der Waals surface area contributed by atoms with E-state index in [0.29, 0.717) is 0 Å². The van der Waals surface area contributed by atoms with Gasteiger partial charge in [-0.2, -0.15) is 0 Å². The number of aromatic nitrogens is 1. The highest BCUT2D eigenvalue weighted by atomic mass is 28.3. The van der Waals surface area contributed by atoms with Crippen LogP contribution in [0.1, 0.15) is 0 Å². The maximum atomic E-state index is 2.50. The molecule has 0 unspecified atom stereocenters. The van der Waals surface area contributed by atoms with Crippen molar-refractivity contribution >= 4 is 78.9 Å². The number of benzene rings is 10. The van der Waals surface area contributed by atoms with Crippen molar-refractivity contribution in [2.24, 2.45) is 0 Å². The smallest absolute Gasteiger partial charge is 0.113 e. The van der Waals surface area contributed by atoms with Crippen LogP contribution in [0.4, 0.5) is 17.1 Å². The molecule has 0 saturated heterocycles. The lowest BCUT2D eigenvalue weighted by atomic mass is 9.96. The Kier molecular flexibility index (Phi) is 8.03. The number of fused-ring (bicyclic) bond motifs is 9. The molecule has 1 aliphatic rings. The van der Waals surface area contributed by atoms with E-state index in [-0.39, 0.29) is 0 Å². The largest absolute Gasteiger partial charge is 0.310 e. The van der Waals surface area contributed by atoms with Crippen LogP contribution < -0.4 is 15.3 Å². The molecule has 0 amide bonds. The van der Waals surface area contributed by atoms with Gasteiger partial charge in [-0.15, -0.1) is 0 Å². The van der Waals surface area contributed by atoms with Crippen LogP contribution in [0, 0.1) is 0 Å². The quantitative estimate of drug-likeness (QED) is 0.152. The van der Waals surface area contributed by atoms with Crippen molar-refractivity contribution in [2.45, 2.75) is 13.1 Å². The van der Waals surface area contributed by atoms with Crippen LogP contribution in [0.2, 0.25) is 13.1 Å². The lowest BCUT2D eigenvalue weighted by Gasteiger charge is -2.26. The number of para-hydroxylation sites is 2. The zero-order valence-corrected chi connectivity index (χ0v) is 35.2. The molecule has 61 heavy (non-hydrogen) atoms. The lowest BCUT2D eigenvalue weighted by Crippen LogP contribution is -2.49. The van der Waals surface area contributed by atoms with Gasteiger partial charge in [-0.05, 0) is 138 Å². The molecule has 0 fully saturated rings. The summed E-state index contributed by atoms with van der Waals surface area (Å²) in [5.41, 5.74) is 14.7. The molecule has 288 valence electrons. The molecule has 2 heterocycles. The van der Waals surface area contributed by atoms with Crippen molar-refractivity contribution in [2.75, 3.05) is 4.90 Å². The summed E-state index contributed by atoms with van der Waals surface area (Å²) in [6.07, 6.45) is 0. The molecule has 0 aliphatic carbocycles. The maximum Gasteiger partial charge on any atom is 0.113 e. The summed E-state index contributed by atoms with van der Waals surface area (Å²) in [5, 5.41) is 10.8. The van der Waals surface area contributed by atoms with Crippen molar-refractivity contribution in [1.29, 1.82) is 0 Å². The molecule has 1 aromatic heterocycles. The van der Waals surface area contributed by atoms with Gasteiger partial charge in [-0.3, -0.25) is 0 Å². The predicted octanol–water partition coefficient (Wildman–Crippen LogP) is 14.7. The standard InChI is InChI=1S/C58H42N2Si/c1-61(2)56-20-12-11-19-50(56)58-51-38-53-52-36-44(28-33-54(52)60(47-17-7-4-8-18-47)55(53)37-45(51)29-34-57(58)61)42-23-21-40(22-24-42)41-25-30-48(31-26-41)59(46-15-5-3-6-16-46)49-32-27-39-13-9-10-14-43(39)35-49/h3-38H,1-2H3. The Morgan fingerprint density at radius 1 is 0.361 bits per heavy atom. The number of nitrogens with zero attached hydrogens (tertiary/aromatic N) is 2. The molecule has 0 radical (unpaired) electrons. The van der Waals surface area contributed by atoms with E-state index in [1.807, 2.05) is 0 Å². The van der Waals surface area contributed by atoms with Gasteiger partial charge >= 0.3 is 0 Å². The van der Waals surface area contributed by atoms with Crippen molar-refractivity contribution in [3.63, 3.8) is 0 Å². The molecule has 10 aromatic carbocycles. The summed E-state index contributed by atoms with van der Waals surface area (Å²) in [6, 6.07) is 80.6. The van der Waals surface area contributed by atoms with E-state index in [1.54, 1.807) is 10.4 Å². The molecule has 0 saturated carbocycles. The first-order valence-corrected chi connectivity index (χ1v) is 24.3. The molecule has 12 rings (SSSR count). The third-order valence-electron chi connectivity index (χ3n) is 13.1. The minimum atomic E-state index is -1.80. The molecule has 3 heteroatoms. The Labute approximate surface area is 357 Å². The van der Waals surface area contributed by atoms with Gasteiger partial charge in [0.1, 0.15) is 8.07 Å². The summed E-state index contributed by atoms with van der Waals surface area (Å²) in [6.45, 7) is 5.01. The van der Waals surface area contributed by atoms with Gasteiger partial charge in [0.15, 0.2) is 0 Å². The van der Waals surface area contributed by atoms with Gasteiger partial charge in [-0.1, -0.05) is 159 Å². The summed E-state index contributed by atoms with van der Waals surface area (Å²) in [7, 11) is -1.80. The molecule has 1 aliphatic heterocycles. The minimum absolute atomic E-state index is 1.12. The van der Waals surface area contributed by atoms with Crippen molar-refractivity contribution in [3.05, 3.63) is 218 Å². The third-order valence-corrected chi connectivity index (χ3v) is 16.7. The van der Waals surface area contributed by atoms with Gasteiger partial charge in [-0.25, -0.2) is 0 Å². The summed E-state index contributed by atoms with van der Waals surface area (Å²) >= 11 is 0. The molecular weight excluding hydrogens is 753 g/mol. The maximum absolute atomic E-state index is 2.50. The van der Waals surface area contributed by atoms with E-state index < -0.39 is 8.07 Å². The number of rotatable bonds is 6. The normalized spacial score (nSPS) is 12.9. The van der Waals surface area contributed by atoms with Crippen LogP contribution in [0.15, 0.2) is 218 Å². The molecule has 0 bridgehead atoms. The lowest BCUT2D eigenvalue weighted by molar-refractivity contribution is 1.18. The summed E-state index contributed by atoms with van der Waals surface area (Å²) in [4.78, 5) is 2.34. The van der Waals surface area contributed by atoms with Crippen molar-refractivity contribution in [3.8, 4) is 39.1 Å². The van der Waals surface area contributed by atoms with Gasteiger partial charge in [0.25, 0.3) is 0 Å². The average molecular weight is 795 g/mol. The van der Waals surface area contributed by atoms with E-state index in [1.165, 1.54) is 82.4 Å². The Hall–Kier alpha value is -7.46. The van der Waals surface area contributed by atoms with E-state index in [9.17, 15) is 0 Å².